The molecule has 2 aromatic carbocycles. The number of hydrogen-bond acceptors (Lipinski definition) is 4. The number of hydrazone groups is 1. The fourth-order valence-corrected chi connectivity index (χ4v) is 4.01. The van der Waals surface area contributed by atoms with Gasteiger partial charge in [0.05, 0.1) is 26.0 Å². The van der Waals surface area contributed by atoms with Crippen molar-refractivity contribution in [2.75, 3.05) is 14.2 Å². The molecule has 0 bridgehead atoms. The van der Waals surface area contributed by atoms with Crippen LogP contribution < -0.4 is 9.47 Å². The molecule has 2 atom stereocenters. The zero-order chi connectivity index (χ0) is 18.3. The molecule has 2 aliphatic rings. The standard InChI is InChI=1S/C21H22N2O3/c1-13(24)23-21(15-5-8-16(25-2)9-6-15)18-11-7-14-4-10-17(26-3)12-19(14)20(18)22-23/h4-6,8-10,12,18,21H,7,11H2,1-3H3/t18-,21+/m1/s1. The van der Waals surface area contributed by atoms with Gasteiger partial charge in [-0.2, -0.15) is 5.10 Å². The summed E-state index contributed by atoms with van der Waals surface area (Å²) in [5, 5.41) is 6.38. The topological polar surface area (TPSA) is 51.1 Å². The number of methoxy groups -OCH3 is 2. The Morgan fingerprint density at radius 1 is 1.08 bits per heavy atom. The fourth-order valence-electron chi connectivity index (χ4n) is 4.01. The Balaban J connectivity index is 1.77. The van der Waals surface area contributed by atoms with Crippen LogP contribution in [-0.4, -0.2) is 30.8 Å². The van der Waals surface area contributed by atoms with Crippen LogP contribution in [0.15, 0.2) is 47.6 Å². The van der Waals surface area contributed by atoms with E-state index in [9.17, 15) is 4.79 Å². The van der Waals surface area contributed by atoms with E-state index < -0.39 is 0 Å². The van der Waals surface area contributed by atoms with E-state index >= 15 is 0 Å². The molecule has 2 aromatic rings. The lowest BCUT2D eigenvalue weighted by molar-refractivity contribution is -0.131. The number of nitrogens with zero attached hydrogens (tertiary/aromatic N) is 2. The quantitative estimate of drug-likeness (QED) is 0.850. The van der Waals surface area contributed by atoms with Gasteiger partial charge in [0.1, 0.15) is 11.5 Å². The highest BCUT2D eigenvalue weighted by Crippen LogP contribution is 2.44. The van der Waals surface area contributed by atoms with Crippen molar-refractivity contribution >= 4 is 11.6 Å². The predicted molar refractivity (Wildman–Crippen MR) is 99.6 cm³/mol. The molecule has 1 heterocycles. The summed E-state index contributed by atoms with van der Waals surface area (Å²) in [5.41, 5.74) is 4.43. The van der Waals surface area contributed by atoms with Crippen LogP contribution in [-0.2, 0) is 11.2 Å². The summed E-state index contributed by atoms with van der Waals surface area (Å²) in [6, 6.07) is 14.0. The van der Waals surface area contributed by atoms with E-state index in [0.29, 0.717) is 0 Å². The van der Waals surface area contributed by atoms with Crippen molar-refractivity contribution < 1.29 is 14.3 Å². The maximum absolute atomic E-state index is 12.3. The van der Waals surface area contributed by atoms with Gasteiger partial charge in [-0.05, 0) is 48.2 Å². The molecule has 1 amide bonds. The molecule has 0 spiro atoms. The van der Waals surface area contributed by atoms with E-state index in [1.165, 1.54) is 5.56 Å². The largest absolute Gasteiger partial charge is 0.497 e. The molecule has 0 aromatic heterocycles. The maximum atomic E-state index is 12.3. The van der Waals surface area contributed by atoms with Crippen molar-refractivity contribution in [1.29, 1.82) is 0 Å². The first-order chi connectivity index (χ1) is 12.6. The SMILES string of the molecule is COc1ccc([C@H]2[C@@H]3CCc4ccc(OC)cc4C3=NN2C(C)=O)cc1. The van der Waals surface area contributed by atoms with Crippen LogP contribution in [0.2, 0.25) is 0 Å². The number of ether oxygens (including phenoxy) is 2. The molecule has 0 fully saturated rings. The normalized spacial score (nSPS) is 20.9. The summed E-state index contributed by atoms with van der Waals surface area (Å²) in [7, 11) is 3.32. The van der Waals surface area contributed by atoms with Crippen LogP contribution in [0.1, 0.15) is 36.1 Å². The molecule has 5 heteroatoms. The van der Waals surface area contributed by atoms with Crippen molar-refractivity contribution in [1.82, 2.24) is 5.01 Å². The predicted octanol–water partition coefficient (Wildman–Crippen LogP) is 3.57. The third-order valence-corrected chi connectivity index (χ3v) is 5.31. The second-order valence-corrected chi connectivity index (χ2v) is 6.74. The second-order valence-electron chi connectivity index (χ2n) is 6.74. The molecule has 0 saturated heterocycles. The Kier molecular flexibility index (Phi) is 4.15. The first kappa shape index (κ1) is 16.6. The lowest BCUT2D eigenvalue weighted by Gasteiger charge is -2.29. The van der Waals surface area contributed by atoms with Gasteiger partial charge >= 0.3 is 0 Å². The van der Waals surface area contributed by atoms with E-state index in [0.717, 1.165) is 41.2 Å². The Bertz CT molecular complexity index is 873. The molecule has 0 saturated carbocycles. The molecule has 4 rings (SSSR count). The molecule has 0 radical (unpaired) electrons. The zero-order valence-electron chi connectivity index (χ0n) is 15.2. The molecule has 1 aliphatic carbocycles. The van der Waals surface area contributed by atoms with Crippen molar-refractivity contribution in [3.63, 3.8) is 0 Å². The van der Waals surface area contributed by atoms with Gasteiger partial charge in [-0.1, -0.05) is 18.2 Å². The summed E-state index contributed by atoms with van der Waals surface area (Å²) >= 11 is 0. The van der Waals surface area contributed by atoms with Gasteiger partial charge in [-0.15, -0.1) is 0 Å². The van der Waals surface area contributed by atoms with Crippen LogP contribution in [0, 0.1) is 5.92 Å². The Morgan fingerprint density at radius 2 is 1.77 bits per heavy atom. The van der Waals surface area contributed by atoms with Gasteiger partial charge in [0.15, 0.2) is 0 Å². The van der Waals surface area contributed by atoms with Gasteiger partial charge in [0.2, 0.25) is 5.91 Å². The van der Waals surface area contributed by atoms with E-state index in [1.807, 2.05) is 36.4 Å². The van der Waals surface area contributed by atoms with Crippen molar-refractivity contribution in [2.24, 2.45) is 11.0 Å². The Hall–Kier alpha value is -2.82. The van der Waals surface area contributed by atoms with Crippen molar-refractivity contribution in [3.05, 3.63) is 59.2 Å². The molecular formula is C21H22N2O3. The maximum Gasteiger partial charge on any atom is 0.240 e. The zero-order valence-corrected chi connectivity index (χ0v) is 15.2. The third kappa shape index (κ3) is 2.64. The van der Waals surface area contributed by atoms with E-state index in [-0.39, 0.29) is 17.9 Å². The first-order valence-corrected chi connectivity index (χ1v) is 8.82. The second kappa shape index (κ2) is 6.48. The van der Waals surface area contributed by atoms with E-state index in [2.05, 4.69) is 6.07 Å². The van der Waals surface area contributed by atoms with Crippen molar-refractivity contribution in [2.45, 2.75) is 25.8 Å². The highest BCUT2D eigenvalue weighted by molar-refractivity contribution is 6.07. The van der Waals surface area contributed by atoms with Gasteiger partial charge in [-0.25, -0.2) is 5.01 Å². The summed E-state index contributed by atoms with van der Waals surface area (Å²) in [4.78, 5) is 12.3. The molecule has 0 N–H and O–H groups in total. The molecule has 134 valence electrons. The molecule has 5 nitrogen and oxygen atoms in total. The Morgan fingerprint density at radius 3 is 2.42 bits per heavy atom. The van der Waals surface area contributed by atoms with Gasteiger partial charge in [0.25, 0.3) is 0 Å². The summed E-state index contributed by atoms with van der Waals surface area (Å²) in [5.74, 6) is 1.76. The summed E-state index contributed by atoms with van der Waals surface area (Å²) < 4.78 is 10.7. The number of carbonyl (C=O) groups excluding carboxylic acids is 1. The van der Waals surface area contributed by atoms with E-state index in [1.54, 1.807) is 26.2 Å². The van der Waals surface area contributed by atoms with Gasteiger partial charge in [0, 0.05) is 18.4 Å². The number of carbonyl (C=O) groups is 1. The highest BCUT2D eigenvalue weighted by Gasteiger charge is 2.43. The number of hydrogen-bond donors (Lipinski definition) is 0. The first-order valence-electron chi connectivity index (χ1n) is 8.82. The van der Waals surface area contributed by atoms with Crippen LogP contribution in [0.5, 0.6) is 11.5 Å². The third-order valence-electron chi connectivity index (χ3n) is 5.31. The average molecular weight is 350 g/mol. The van der Waals surface area contributed by atoms with E-state index in [4.69, 9.17) is 14.6 Å². The smallest absolute Gasteiger partial charge is 0.240 e. The highest BCUT2D eigenvalue weighted by atomic mass is 16.5. The number of aryl methyl sites for hydroxylation is 1. The molecule has 1 aliphatic heterocycles. The van der Waals surface area contributed by atoms with Crippen LogP contribution in [0.4, 0.5) is 0 Å². The minimum absolute atomic E-state index is 0.0443. The molecule has 0 unspecified atom stereocenters. The number of fused-ring (bicyclic) bond motifs is 3. The minimum Gasteiger partial charge on any atom is -0.497 e. The fraction of sp³-hybridized carbons (Fsp3) is 0.333. The van der Waals surface area contributed by atoms with Crippen molar-refractivity contribution in [3.8, 4) is 11.5 Å². The van der Waals surface area contributed by atoms with Gasteiger partial charge < -0.3 is 9.47 Å². The lowest BCUT2D eigenvalue weighted by Crippen LogP contribution is -2.31. The Labute approximate surface area is 153 Å². The lowest BCUT2D eigenvalue weighted by atomic mass is 9.77. The van der Waals surface area contributed by atoms with Gasteiger partial charge in [-0.3, -0.25) is 4.79 Å². The molecule has 26 heavy (non-hydrogen) atoms. The molecular weight excluding hydrogens is 328 g/mol. The average Bonchev–Trinajstić information content (AvgIpc) is 3.08. The summed E-state index contributed by atoms with van der Waals surface area (Å²) in [6.07, 6.45) is 1.94. The van der Waals surface area contributed by atoms with Crippen LogP contribution >= 0.6 is 0 Å². The van der Waals surface area contributed by atoms with Crippen LogP contribution in [0.25, 0.3) is 0 Å². The number of benzene rings is 2. The monoisotopic (exact) mass is 350 g/mol. The summed E-state index contributed by atoms with van der Waals surface area (Å²) in [6.45, 7) is 1.57. The number of amides is 1. The number of rotatable bonds is 3. The minimum atomic E-state index is -0.0762. The van der Waals surface area contributed by atoms with Crippen LogP contribution in [0.3, 0.4) is 0 Å².